The van der Waals surface area contributed by atoms with Gasteiger partial charge in [0.2, 0.25) is 0 Å². The Morgan fingerprint density at radius 2 is 0.985 bits per heavy atom. The molecule has 0 aromatic heterocycles. The van der Waals surface area contributed by atoms with Crippen LogP contribution in [0.3, 0.4) is 0 Å². The quantitative estimate of drug-likeness (QED) is 0.139. The summed E-state index contributed by atoms with van der Waals surface area (Å²) in [5, 5.41) is 0. The van der Waals surface area contributed by atoms with Crippen molar-refractivity contribution in [1.29, 1.82) is 0 Å². The molecule has 12 nitrogen and oxygen atoms in total. The molecule has 4 aliphatic heterocycles. The maximum Gasteiger partial charge on any atom is 0.410 e. The van der Waals surface area contributed by atoms with Gasteiger partial charge in [-0.2, -0.15) is 0 Å². The zero-order valence-corrected chi connectivity index (χ0v) is 40.3. The maximum atomic E-state index is 13.7. The molecule has 356 valence electrons. The number of anilines is 4. The van der Waals surface area contributed by atoms with Crippen molar-refractivity contribution in [2.45, 2.75) is 147 Å². The number of piperidine rings is 1. The number of nitrogen functional groups attached to an aromatic ring is 2. The van der Waals surface area contributed by atoms with Crippen molar-refractivity contribution in [3.05, 3.63) is 119 Å². The SMILES string of the molecule is CC(C)(C)OC(=O)N1CCC[C@H]1C(=O)Cc1ccc([C@H]2CC[C@H](c3ccc(CC(=O)[C@@H]4CCCN4C(=O)OC(C)(C)C)c(N)c3)N2c2ccc(N3CCC(c4ccccc4)CC3)cc2)cc1N. The van der Waals surface area contributed by atoms with Gasteiger partial charge in [0.15, 0.2) is 11.6 Å². The summed E-state index contributed by atoms with van der Waals surface area (Å²) in [5.74, 6) is 0.489. The maximum absolute atomic E-state index is 13.7. The number of likely N-dealkylation sites (tertiary alicyclic amines) is 2. The number of ketones is 2. The first-order valence-corrected chi connectivity index (χ1v) is 24.4. The van der Waals surface area contributed by atoms with Crippen LogP contribution in [0.1, 0.15) is 139 Å². The Hall–Kier alpha value is -6.04. The number of carbonyl (C=O) groups excluding carboxylic acids is 4. The minimum atomic E-state index is -0.650. The zero-order chi connectivity index (χ0) is 47.6. The molecule has 4 N–H and O–H groups in total. The van der Waals surface area contributed by atoms with Crippen molar-refractivity contribution in [2.75, 3.05) is 47.4 Å². The Morgan fingerprint density at radius 3 is 1.42 bits per heavy atom. The predicted octanol–water partition coefficient (Wildman–Crippen LogP) is 10.3. The highest BCUT2D eigenvalue weighted by Crippen LogP contribution is 2.48. The third kappa shape index (κ3) is 11.1. The molecule has 4 saturated heterocycles. The topological polar surface area (TPSA) is 152 Å². The summed E-state index contributed by atoms with van der Waals surface area (Å²) in [5.41, 5.74) is 20.7. The molecule has 0 unspecified atom stereocenters. The number of hydrogen-bond acceptors (Lipinski definition) is 10. The van der Waals surface area contributed by atoms with Crippen molar-refractivity contribution >= 4 is 46.5 Å². The van der Waals surface area contributed by atoms with Crippen LogP contribution in [0.5, 0.6) is 0 Å². The molecule has 4 aliphatic rings. The predicted molar refractivity (Wildman–Crippen MR) is 265 cm³/mol. The summed E-state index contributed by atoms with van der Waals surface area (Å²) in [6.45, 7) is 14.0. The van der Waals surface area contributed by atoms with E-state index in [9.17, 15) is 19.2 Å². The Balaban J connectivity index is 1.02. The third-order valence-corrected chi connectivity index (χ3v) is 14.0. The second kappa shape index (κ2) is 19.7. The van der Waals surface area contributed by atoms with Crippen LogP contribution in [0.25, 0.3) is 0 Å². The Kier molecular flexibility index (Phi) is 13.9. The monoisotopic (exact) mass is 911 g/mol. The summed E-state index contributed by atoms with van der Waals surface area (Å²) in [4.78, 5) is 61.6. The molecule has 0 spiro atoms. The summed E-state index contributed by atoms with van der Waals surface area (Å²) in [6, 6.07) is 30.8. The van der Waals surface area contributed by atoms with Crippen molar-refractivity contribution in [1.82, 2.24) is 9.80 Å². The van der Waals surface area contributed by atoms with Gasteiger partial charge >= 0.3 is 12.2 Å². The summed E-state index contributed by atoms with van der Waals surface area (Å²) >= 11 is 0. The molecule has 0 aliphatic carbocycles. The van der Waals surface area contributed by atoms with E-state index in [2.05, 4.69) is 76.5 Å². The summed E-state index contributed by atoms with van der Waals surface area (Å²) in [7, 11) is 0. The molecule has 0 radical (unpaired) electrons. The van der Waals surface area contributed by atoms with E-state index in [4.69, 9.17) is 20.9 Å². The van der Waals surface area contributed by atoms with Gasteiger partial charge in [-0.25, -0.2) is 9.59 Å². The van der Waals surface area contributed by atoms with Crippen LogP contribution in [0.4, 0.5) is 32.3 Å². The van der Waals surface area contributed by atoms with Gasteiger partial charge in [0.05, 0.1) is 24.2 Å². The average molecular weight is 911 g/mol. The largest absolute Gasteiger partial charge is 0.444 e. The fourth-order valence-electron chi connectivity index (χ4n) is 10.7. The zero-order valence-electron chi connectivity index (χ0n) is 40.3. The molecule has 4 atom stereocenters. The van der Waals surface area contributed by atoms with E-state index in [1.807, 2.05) is 65.8 Å². The highest BCUT2D eigenvalue weighted by molar-refractivity contribution is 5.91. The van der Waals surface area contributed by atoms with Crippen molar-refractivity contribution in [2.24, 2.45) is 0 Å². The molecule has 2 amide bonds. The Labute approximate surface area is 396 Å². The Bertz CT molecular complexity index is 2300. The molecule has 12 heteroatoms. The number of nitrogens with two attached hydrogens (primary N) is 2. The second-order valence-electron chi connectivity index (χ2n) is 21.1. The van der Waals surface area contributed by atoms with Crippen LogP contribution in [0.15, 0.2) is 91.0 Å². The van der Waals surface area contributed by atoms with E-state index < -0.39 is 35.5 Å². The van der Waals surface area contributed by atoms with Gasteiger partial charge in [0, 0.05) is 61.8 Å². The van der Waals surface area contributed by atoms with Gasteiger partial charge in [-0.15, -0.1) is 0 Å². The fourth-order valence-corrected chi connectivity index (χ4v) is 10.7. The molecule has 67 heavy (non-hydrogen) atoms. The molecule has 4 fully saturated rings. The van der Waals surface area contributed by atoms with Gasteiger partial charge < -0.3 is 30.7 Å². The molecule has 4 aromatic carbocycles. The third-order valence-electron chi connectivity index (χ3n) is 14.0. The van der Waals surface area contributed by atoms with Gasteiger partial charge in [0.25, 0.3) is 0 Å². The minimum Gasteiger partial charge on any atom is -0.444 e. The van der Waals surface area contributed by atoms with Gasteiger partial charge in [0.1, 0.15) is 11.2 Å². The number of Topliss-reactive ketones (excluding diaryl/α,β-unsaturated/α-hetero) is 2. The second-order valence-corrected chi connectivity index (χ2v) is 21.1. The number of hydrogen-bond donors (Lipinski definition) is 2. The van der Waals surface area contributed by atoms with Crippen molar-refractivity contribution in [3.8, 4) is 0 Å². The van der Waals surface area contributed by atoms with Crippen LogP contribution in [0.2, 0.25) is 0 Å². The molecular weight excluding hydrogens is 841 g/mol. The van der Waals surface area contributed by atoms with Crippen molar-refractivity contribution in [3.63, 3.8) is 0 Å². The first-order valence-electron chi connectivity index (χ1n) is 24.4. The number of ether oxygens (including phenoxy) is 2. The summed E-state index contributed by atoms with van der Waals surface area (Å²) < 4.78 is 11.3. The van der Waals surface area contributed by atoms with E-state index in [0.717, 1.165) is 79.6 Å². The first kappa shape index (κ1) is 47.5. The van der Waals surface area contributed by atoms with Crippen LogP contribution < -0.4 is 21.3 Å². The lowest BCUT2D eigenvalue weighted by molar-refractivity contribution is -0.123. The van der Waals surface area contributed by atoms with Crippen molar-refractivity contribution < 1.29 is 28.7 Å². The van der Waals surface area contributed by atoms with Crippen LogP contribution in [0, 0.1) is 0 Å². The number of nitrogens with zero attached hydrogens (tertiary/aromatic N) is 4. The summed E-state index contributed by atoms with van der Waals surface area (Å²) in [6.07, 6.45) is 5.99. The lowest BCUT2D eigenvalue weighted by Gasteiger charge is -2.36. The highest BCUT2D eigenvalue weighted by Gasteiger charge is 2.40. The number of amides is 2. The highest BCUT2D eigenvalue weighted by atomic mass is 16.6. The van der Waals surface area contributed by atoms with E-state index in [1.165, 1.54) is 11.3 Å². The normalized spacial score (nSPS) is 21.5. The van der Waals surface area contributed by atoms with E-state index in [0.29, 0.717) is 43.2 Å². The fraction of sp³-hybridized carbons (Fsp3) is 0.491. The standard InChI is InChI=1S/C55H70N6O6/c1-54(2,3)66-52(64)59-28-10-14-48(59)50(62)34-38-16-18-40(32-44(38)56)46-24-25-47(61(46)43-22-20-42(21-23-43)58-30-26-37(27-31-58)36-12-8-7-9-13-36)41-19-17-39(45(57)33-41)35-51(63)49-15-11-29-60(49)53(65)67-55(4,5)6/h7-9,12-13,16-23,32-33,37,46-49H,10-11,14-15,24-31,34-35,56-57H2,1-6H3/t46-,47-,48+,49+/m1/s1. The number of carbonyl (C=O) groups is 4. The van der Waals surface area contributed by atoms with Crippen LogP contribution in [-0.4, -0.2) is 83.0 Å². The smallest absolute Gasteiger partial charge is 0.410 e. The molecule has 4 aromatic rings. The number of rotatable bonds is 11. The van der Waals surface area contributed by atoms with E-state index >= 15 is 0 Å². The molecule has 0 bridgehead atoms. The average Bonchev–Trinajstić information content (AvgIpc) is 4.08. The van der Waals surface area contributed by atoms with E-state index in [-0.39, 0.29) is 36.5 Å². The van der Waals surface area contributed by atoms with Crippen LogP contribution >= 0.6 is 0 Å². The Morgan fingerprint density at radius 1 is 0.537 bits per heavy atom. The lowest BCUT2D eigenvalue weighted by atomic mass is 9.89. The number of benzene rings is 4. The van der Waals surface area contributed by atoms with Gasteiger partial charge in [-0.05, 0) is 163 Å². The molecule has 0 saturated carbocycles. The van der Waals surface area contributed by atoms with E-state index in [1.54, 1.807) is 9.80 Å². The lowest BCUT2D eigenvalue weighted by Crippen LogP contribution is -2.43. The molecule has 8 rings (SSSR count). The molecule has 4 heterocycles. The van der Waals surface area contributed by atoms with Gasteiger partial charge in [-0.1, -0.05) is 54.6 Å². The first-order chi connectivity index (χ1) is 31.9. The van der Waals surface area contributed by atoms with Crippen LogP contribution in [-0.2, 0) is 31.9 Å². The minimum absolute atomic E-state index is 0.0225. The van der Waals surface area contributed by atoms with Gasteiger partial charge in [-0.3, -0.25) is 19.4 Å². The molecular formula is C55H70N6O6.